The minimum Gasteiger partial charge on any atom is -0.321 e. The third kappa shape index (κ3) is 3.12. The average Bonchev–Trinajstić information content (AvgIpc) is 2.49. The standard InChI is InChI=1S/C14H19N3O2/c1-2-13(18)17(12-6-4-3-5-7-12)14(19)16-10-8-15-9-11-16/h3-7,15H,2,8-11H2,1H3. The minimum atomic E-state index is -0.223. The molecule has 1 aliphatic rings. The molecule has 3 amide bonds. The average molecular weight is 261 g/mol. The number of para-hydroxylation sites is 1. The van der Waals surface area contributed by atoms with E-state index in [1.54, 1.807) is 24.0 Å². The Morgan fingerprint density at radius 2 is 1.84 bits per heavy atom. The number of nitrogens with zero attached hydrogens (tertiary/aromatic N) is 2. The summed E-state index contributed by atoms with van der Waals surface area (Å²) in [5.41, 5.74) is 0.637. The van der Waals surface area contributed by atoms with E-state index in [0.717, 1.165) is 13.1 Å². The molecule has 5 nitrogen and oxygen atoms in total. The number of carbonyl (C=O) groups excluding carboxylic acids is 2. The molecule has 0 saturated carbocycles. The predicted octanol–water partition coefficient (Wildman–Crippen LogP) is 1.45. The summed E-state index contributed by atoms with van der Waals surface area (Å²) in [7, 11) is 0. The van der Waals surface area contributed by atoms with Crippen LogP contribution >= 0.6 is 0 Å². The molecule has 1 aromatic carbocycles. The maximum Gasteiger partial charge on any atom is 0.331 e. The molecule has 0 radical (unpaired) electrons. The molecule has 1 saturated heterocycles. The van der Waals surface area contributed by atoms with Crippen molar-refractivity contribution in [1.29, 1.82) is 0 Å². The molecule has 1 heterocycles. The summed E-state index contributed by atoms with van der Waals surface area (Å²) in [4.78, 5) is 27.6. The zero-order chi connectivity index (χ0) is 13.7. The quantitative estimate of drug-likeness (QED) is 0.876. The lowest BCUT2D eigenvalue weighted by atomic mass is 10.2. The van der Waals surface area contributed by atoms with E-state index >= 15 is 0 Å². The topological polar surface area (TPSA) is 52.7 Å². The van der Waals surface area contributed by atoms with Gasteiger partial charge in [-0.05, 0) is 12.1 Å². The van der Waals surface area contributed by atoms with E-state index in [9.17, 15) is 9.59 Å². The van der Waals surface area contributed by atoms with Crippen LogP contribution in [0.1, 0.15) is 13.3 Å². The fraction of sp³-hybridized carbons (Fsp3) is 0.429. The lowest BCUT2D eigenvalue weighted by Gasteiger charge is -2.32. The van der Waals surface area contributed by atoms with Crippen LogP contribution in [-0.2, 0) is 4.79 Å². The van der Waals surface area contributed by atoms with Crippen molar-refractivity contribution >= 4 is 17.6 Å². The lowest BCUT2D eigenvalue weighted by molar-refractivity contribution is -0.117. The van der Waals surface area contributed by atoms with E-state index in [1.165, 1.54) is 4.90 Å². The van der Waals surface area contributed by atoms with Crippen LogP contribution in [0.4, 0.5) is 10.5 Å². The van der Waals surface area contributed by atoms with E-state index in [-0.39, 0.29) is 11.9 Å². The zero-order valence-electron chi connectivity index (χ0n) is 11.1. The van der Waals surface area contributed by atoms with Crippen molar-refractivity contribution in [2.24, 2.45) is 0 Å². The van der Waals surface area contributed by atoms with Crippen molar-refractivity contribution in [2.75, 3.05) is 31.1 Å². The molecule has 0 aromatic heterocycles. The first-order chi connectivity index (χ1) is 9.24. The van der Waals surface area contributed by atoms with Gasteiger partial charge in [0.15, 0.2) is 0 Å². The number of anilines is 1. The summed E-state index contributed by atoms with van der Waals surface area (Å²) in [6.45, 7) is 4.59. The highest BCUT2D eigenvalue weighted by Crippen LogP contribution is 2.17. The number of hydrogen-bond donors (Lipinski definition) is 1. The Morgan fingerprint density at radius 1 is 1.21 bits per heavy atom. The number of nitrogens with one attached hydrogen (secondary N) is 1. The molecule has 0 atom stereocenters. The first-order valence-corrected chi connectivity index (χ1v) is 6.61. The predicted molar refractivity (Wildman–Crippen MR) is 74.1 cm³/mol. The molecular formula is C14H19N3O2. The van der Waals surface area contributed by atoms with Crippen LogP contribution in [-0.4, -0.2) is 43.0 Å². The third-order valence-corrected chi connectivity index (χ3v) is 3.15. The fourth-order valence-electron chi connectivity index (χ4n) is 2.09. The molecule has 0 bridgehead atoms. The van der Waals surface area contributed by atoms with Crippen molar-refractivity contribution in [2.45, 2.75) is 13.3 Å². The number of benzene rings is 1. The van der Waals surface area contributed by atoms with Crippen LogP contribution in [0, 0.1) is 0 Å². The number of urea groups is 1. The molecule has 102 valence electrons. The van der Waals surface area contributed by atoms with Crippen molar-refractivity contribution in [1.82, 2.24) is 10.2 Å². The molecule has 1 N–H and O–H groups in total. The van der Waals surface area contributed by atoms with Crippen LogP contribution in [0.3, 0.4) is 0 Å². The van der Waals surface area contributed by atoms with Gasteiger partial charge in [-0.15, -0.1) is 0 Å². The highest BCUT2D eigenvalue weighted by molar-refractivity contribution is 6.14. The highest BCUT2D eigenvalue weighted by Gasteiger charge is 2.27. The molecule has 2 rings (SSSR count). The van der Waals surface area contributed by atoms with Crippen LogP contribution in [0.2, 0.25) is 0 Å². The van der Waals surface area contributed by atoms with Gasteiger partial charge >= 0.3 is 6.03 Å². The SMILES string of the molecule is CCC(=O)N(C(=O)N1CCNCC1)c1ccccc1. The molecular weight excluding hydrogens is 242 g/mol. The third-order valence-electron chi connectivity index (χ3n) is 3.15. The minimum absolute atomic E-state index is 0.172. The van der Waals surface area contributed by atoms with Crippen LogP contribution < -0.4 is 10.2 Å². The van der Waals surface area contributed by atoms with Gasteiger partial charge < -0.3 is 10.2 Å². The van der Waals surface area contributed by atoms with E-state index in [1.807, 2.05) is 18.2 Å². The van der Waals surface area contributed by atoms with Gasteiger partial charge in [0, 0.05) is 32.6 Å². The Labute approximate surface area is 113 Å². The molecule has 1 fully saturated rings. The number of rotatable bonds is 2. The maximum atomic E-state index is 12.5. The van der Waals surface area contributed by atoms with Crippen LogP contribution in [0.15, 0.2) is 30.3 Å². The Morgan fingerprint density at radius 3 is 2.42 bits per heavy atom. The van der Waals surface area contributed by atoms with Gasteiger partial charge in [-0.25, -0.2) is 9.69 Å². The Kier molecular flexibility index (Phi) is 4.52. The second-order valence-corrected chi connectivity index (χ2v) is 4.44. The molecule has 0 spiro atoms. The van der Waals surface area contributed by atoms with Crippen LogP contribution in [0.5, 0.6) is 0 Å². The smallest absolute Gasteiger partial charge is 0.321 e. The maximum absolute atomic E-state index is 12.5. The van der Waals surface area contributed by atoms with Gasteiger partial charge in [0.2, 0.25) is 5.91 Å². The number of hydrogen-bond acceptors (Lipinski definition) is 3. The fourth-order valence-corrected chi connectivity index (χ4v) is 2.09. The van der Waals surface area contributed by atoms with E-state index in [0.29, 0.717) is 25.2 Å². The summed E-state index contributed by atoms with van der Waals surface area (Å²) >= 11 is 0. The van der Waals surface area contributed by atoms with Gasteiger partial charge in [-0.3, -0.25) is 4.79 Å². The van der Waals surface area contributed by atoms with E-state index in [2.05, 4.69) is 5.32 Å². The van der Waals surface area contributed by atoms with Crippen molar-refractivity contribution in [3.63, 3.8) is 0 Å². The van der Waals surface area contributed by atoms with Gasteiger partial charge in [0.25, 0.3) is 0 Å². The number of imide groups is 1. The van der Waals surface area contributed by atoms with Crippen molar-refractivity contribution in [3.05, 3.63) is 30.3 Å². The molecule has 0 unspecified atom stereocenters. The normalized spacial score (nSPS) is 15.1. The molecule has 1 aliphatic heterocycles. The van der Waals surface area contributed by atoms with Crippen LogP contribution in [0.25, 0.3) is 0 Å². The molecule has 1 aromatic rings. The first kappa shape index (κ1) is 13.5. The van der Waals surface area contributed by atoms with Gasteiger partial charge in [-0.1, -0.05) is 25.1 Å². The second kappa shape index (κ2) is 6.33. The monoisotopic (exact) mass is 261 g/mol. The Hall–Kier alpha value is -1.88. The summed E-state index contributed by atoms with van der Waals surface area (Å²) in [6, 6.07) is 8.88. The van der Waals surface area contributed by atoms with Crippen molar-refractivity contribution < 1.29 is 9.59 Å². The molecule has 0 aliphatic carbocycles. The van der Waals surface area contributed by atoms with Crippen molar-refractivity contribution in [3.8, 4) is 0 Å². The van der Waals surface area contributed by atoms with Gasteiger partial charge in [-0.2, -0.15) is 0 Å². The van der Waals surface area contributed by atoms with Gasteiger partial charge in [0.05, 0.1) is 5.69 Å². The zero-order valence-corrected chi connectivity index (χ0v) is 11.1. The molecule has 5 heteroatoms. The number of piperazine rings is 1. The highest BCUT2D eigenvalue weighted by atomic mass is 16.2. The second-order valence-electron chi connectivity index (χ2n) is 4.44. The number of carbonyl (C=O) groups is 2. The van der Waals surface area contributed by atoms with Gasteiger partial charge in [0.1, 0.15) is 0 Å². The Bertz CT molecular complexity index is 441. The number of amides is 3. The summed E-state index contributed by atoms with van der Waals surface area (Å²) in [5.74, 6) is -0.172. The molecule has 19 heavy (non-hydrogen) atoms. The lowest BCUT2D eigenvalue weighted by Crippen LogP contribution is -2.53. The van der Waals surface area contributed by atoms with E-state index < -0.39 is 0 Å². The summed E-state index contributed by atoms with van der Waals surface area (Å²) in [5, 5.41) is 3.19. The van der Waals surface area contributed by atoms with E-state index in [4.69, 9.17) is 0 Å². The summed E-state index contributed by atoms with van der Waals surface area (Å²) < 4.78 is 0. The first-order valence-electron chi connectivity index (χ1n) is 6.61. The Balaban J connectivity index is 2.22. The largest absolute Gasteiger partial charge is 0.331 e. The summed E-state index contributed by atoms with van der Waals surface area (Å²) in [6.07, 6.45) is 0.312.